The molecule has 3 rings (SSSR count). The zero-order valence-electron chi connectivity index (χ0n) is 50.5. The van der Waals surface area contributed by atoms with E-state index in [2.05, 4.69) is 43.5 Å². The number of ether oxygens (including phenoxy) is 6. The van der Waals surface area contributed by atoms with Gasteiger partial charge in [-0.05, 0) is 44.9 Å². The first kappa shape index (κ1) is 74.5. The van der Waals surface area contributed by atoms with Gasteiger partial charge in [0.05, 0.1) is 38.6 Å². The Kier molecular flexibility index (Phi) is 42.2. The molecule has 0 aliphatic carbocycles. The molecule has 0 aromatic rings. The number of carbonyl (C=O) groups is 1. The van der Waals surface area contributed by atoms with Gasteiger partial charge in [0.2, 0.25) is 5.91 Å². The lowest BCUT2D eigenvalue weighted by atomic mass is 9.96. The van der Waals surface area contributed by atoms with Crippen molar-refractivity contribution in [3.05, 3.63) is 24.3 Å². The van der Waals surface area contributed by atoms with Crippen LogP contribution >= 0.6 is 0 Å². The van der Waals surface area contributed by atoms with E-state index in [0.29, 0.717) is 12.8 Å². The molecule has 0 aromatic heterocycles. The van der Waals surface area contributed by atoms with E-state index in [1.165, 1.54) is 148 Å². The molecule has 19 nitrogen and oxygen atoms in total. The second-order valence-electron chi connectivity index (χ2n) is 23.6. The maximum atomic E-state index is 13.4. The van der Waals surface area contributed by atoms with Gasteiger partial charge in [-0.3, -0.25) is 4.79 Å². The van der Waals surface area contributed by atoms with E-state index in [1.807, 2.05) is 0 Å². The molecule has 0 radical (unpaired) electrons. The third-order valence-electron chi connectivity index (χ3n) is 16.5. The number of carbonyl (C=O) groups excluding carboxylic acids is 1. The summed E-state index contributed by atoms with van der Waals surface area (Å²) in [5.74, 6) is -0.244. The fourth-order valence-corrected chi connectivity index (χ4v) is 11.2. The second kappa shape index (κ2) is 46.4. The number of aliphatic hydroxyl groups is 11. The lowest BCUT2D eigenvalue weighted by molar-refractivity contribution is -0.379. The molecule has 3 aliphatic heterocycles. The van der Waals surface area contributed by atoms with Crippen LogP contribution in [-0.4, -0.2) is 193 Å². The van der Waals surface area contributed by atoms with Gasteiger partial charge in [-0.15, -0.1) is 0 Å². The molecule has 3 fully saturated rings. The van der Waals surface area contributed by atoms with Crippen LogP contribution in [0.5, 0.6) is 0 Å². The van der Waals surface area contributed by atoms with Gasteiger partial charge in [0.15, 0.2) is 18.9 Å². The van der Waals surface area contributed by atoms with Crippen molar-refractivity contribution in [1.82, 2.24) is 5.32 Å². The van der Waals surface area contributed by atoms with Gasteiger partial charge in [-0.2, -0.15) is 0 Å². The Bertz CT molecular complexity index is 1590. The first-order chi connectivity index (χ1) is 39.8. The first-order valence-electron chi connectivity index (χ1n) is 32.6. The molecule has 0 spiro atoms. The Balaban J connectivity index is 1.44. The minimum atomic E-state index is -1.97. The fraction of sp³-hybridized carbons (Fsp3) is 0.921. The van der Waals surface area contributed by atoms with Gasteiger partial charge in [-0.25, -0.2) is 0 Å². The largest absolute Gasteiger partial charge is 0.394 e. The summed E-state index contributed by atoms with van der Waals surface area (Å²) in [7, 11) is 0. The van der Waals surface area contributed by atoms with Crippen molar-refractivity contribution >= 4 is 5.91 Å². The van der Waals surface area contributed by atoms with Crippen molar-refractivity contribution in [2.45, 2.75) is 343 Å². The zero-order chi connectivity index (χ0) is 59.7. The lowest BCUT2D eigenvalue weighted by Crippen LogP contribution is -2.66. The van der Waals surface area contributed by atoms with Crippen LogP contribution in [0.4, 0.5) is 0 Å². The molecular weight excluding hydrogens is 1060 g/mol. The normalized spacial score (nSPS) is 29.7. The highest BCUT2D eigenvalue weighted by atomic mass is 16.8. The molecule has 19 heteroatoms. The minimum absolute atomic E-state index is 0.244. The summed E-state index contributed by atoms with van der Waals surface area (Å²) < 4.78 is 34.3. The predicted octanol–water partition coefficient (Wildman–Crippen LogP) is 7.10. The van der Waals surface area contributed by atoms with Gasteiger partial charge < -0.3 is 89.9 Å². The summed E-state index contributed by atoms with van der Waals surface area (Å²) in [6.45, 7) is 1.79. The number of aliphatic hydroxyl groups excluding tert-OH is 11. The fourth-order valence-electron chi connectivity index (χ4n) is 11.2. The number of hydrogen-bond acceptors (Lipinski definition) is 18. The van der Waals surface area contributed by atoms with Crippen molar-refractivity contribution in [1.29, 1.82) is 0 Å². The molecule has 82 heavy (non-hydrogen) atoms. The SMILES string of the molecule is CCCCCCC/C=C\C/C=C\CCCCCCCCCCCCCC(=O)NC(COC1OC(CO)C(OC2OC(CO)C(OC3OC(CO)C(O)C(O)C3O)C(O)C2O)C(O)C1O)C(O)CCCCCCCCCCCCCCCC. The Labute approximate surface area is 492 Å². The van der Waals surface area contributed by atoms with Crippen molar-refractivity contribution in [3.8, 4) is 0 Å². The van der Waals surface area contributed by atoms with Crippen molar-refractivity contribution in [2.24, 2.45) is 0 Å². The Hall–Kier alpha value is -1.73. The van der Waals surface area contributed by atoms with E-state index in [-0.39, 0.29) is 18.9 Å². The van der Waals surface area contributed by atoms with Gasteiger partial charge in [0.25, 0.3) is 0 Å². The van der Waals surface area contributed by atoms with Crippen LogP contribution in [0, 0.1) is 0 Å². The number of allylic oxidation sites excluding steroid dienone is 4. The molecule has 12 N–H and O–H groups in total. The predicted molar refractivity (Wildman–Crippen MR) is 314 cm³/mol. The summed E-state index contributed by atoms with van der Waals surface area (Å²) in [6.07, 6.45) is 22.5. The number of nitrogens with one attached hydrogen (secondary N) is 1. The van der Waals surface area contributed by atoms with Crippen molar-refractivity contribution < 1.29 is 89.4 Å². The average Bonchev–Trinajstić information content (AvgIpc) is 3.14. The van der Waals surface area contributed by atoms with Crippen LogP contribution in [0.15, 0.2) is 24.3 Å². The van der Waals surface area contributed by atoms with Gasteiger partial charge in [0.1, 0.15) is 73.2 Å². The van der Waals surface area contributed by atoms with Crippen LogP contribution < -0.4 is 5.32 Å². The third-order valence-corrected chi connectivity index (χ3v) is 16.5. The molecule has 3 heterocycles. The van der Waals surface area contributed by atoms with E-state index in [9.17, 15) is 61.0 Å². The molecule has 0 saturated carbocycles. The number of amides is 1. The summed E-state index contributed by atoms with van der Waals surface area (Å²) in [5, 5.41) is 120. The molecule has 1 amide bonds. The highest BCUT2D eigenvalue weighted by Gasteiger charge is 2.53. The van der Waals surface area contributed by atoms with Crippen molar-refractivity contribution in [3.63, 3.8) is 0 Å². The third kappa shape index (κ3) is 29.3. The molecule has 3 aliphatic rings. The molecule has 17 atom stereocenters. The topological polar surface area (TPSA) is 307 Å². The zero-order valence-corrected chi connectivity index (χ0v) is 50.5. The van der Waals surface area contributed by atoms with Crippen LogP contribution in [0.25, 0.3) is 0 Å². The van der Waals surface area contributed by atoms with Gasteiger partial charge in [-0.1, -0.05) is 212 Å². The van der Waals surface area contributed by atoms with E-state index < -0.39 is 124 Å². The highest BCUT2D eigenvalue weighted by molar-refractivity contribution is 5.76. The van der Waals surface area contributed by atoms with E-state index >= 15 is 0 Å². The van der Waals surface area contributed by atoms with Gasteiger partial charge >= 0.3 is 0 Å². The maximum Gasteiger partial charge on any atom is 0.220 e. The number of rotatable bonds is 49. The van der Waals surface area contributed by atoms with Crippen LogP contribution in [-0.2, 0) is 33.2 Å². The number of unbranched alkanes of at least 4 members (excludes halogenated alkanes) is 29. The highest BCUT2D eigenvalue weighted by Crippen LogP contribution is 2.33. The molecule has 0 aromatic carbocycles. The van der Waals surface area contributed by atoms with E-state index in [0.717, 1.165) is 57.8 Å². The Morgan fingerprint density at radius 1 is 0.439 bits per heavy atom. The molecule has 0 bridgehead atoms. The summed E-state index contributed by atoms with van der Waals surface area (Å²) >= 11 is 0. The minimum Gasteiger partial charge on any atom is -0.394 e. The van der Waals surface area contributed by atoms with Crippen LogP contribution in [0.2, 0.25) is 0 Å². The van der Waals surface area contributed by atoms with Gasteiger partial charge in [0, 0.05) is 6.42 Å². The first-order valence-corrected chi connectivity index (χ1v) is 32.6. The molecular formula is C63H117NO18. The summed E-state index contributed by atoms with van der Waals surface area (Å²) in [6, 6.07) is -0.886. The van der Waals surface area contributed by atoms with E-state index in [4.69, 9.17) is 28.4 Å². The van der Waals surface area contributed by atoms with Crippen molar-refractivity contribution in [2.75, 3.05) is 26.4 Å². The standard InChI is InChI=1S/C63H117NO18/c1-3-5-7-9-11-13-15-17-19-20-21-22-23-24-25-26-27-29-31-33-35-37-39-41-51(69)64-46(47(68)40-38-36-34-32-30-28-18-16-14-12-10-8-6-4-2)45-77-61-57(75)54(72)59(49(43-66)79-61)82-63-58(76)55(73)60(50(44-67)80-63)81-62-56(74)53(71)52(70)48(42-65)78-62/h15,17,20-21,46-50,52-63,65-68,70-76H,3-14,16,18-19,22-45H2,1-2H3,(H,64,69)/b17-15-,21-20-. The summed E-state index contributed by atoms with van der Waals surface area (Å²) in [4.78, 5) is 13.4. The molecule has 3 saturated heterocycles. The second-order valence-corrected chi connectivity index (χ2v) is 23.6. The Morgan fingerprint density at radius 2 is 0.805 bits per heavy atom. The smallest absolute Gasteiger partial charge is 0.220 e. The monoisotopic (exact) mass is 1180 g/mol. The quantitative estimate of drug-likeness (QED) is 0.0213. The lowest BCUT2D eigenvalue weighted by Gasteiger charge is -2.48. The average molecular weight is 1180 g/mol. The van der Waals surface area contributed by atoms with Crippen LogP contribution in [0.1, 0.15) is 239 Å². The van der Waals surface area contributed by atoms with E-state index in [1.54, 1.807) is 0 Å². The van der Waals surface area contributed by atoms with Crippen LogP contribution in [0.3, 0.4) is 0 Å². The summed E-state index contributed by atoms with van der Waals surface area (Å²) in [5.41, 5.74) is 0. The molecule has 17 unspecified atom stereocenters. The molecule has 482 valence electrons. The number of hydrogen-bond donors (Lipinski definition) is 12. The maximum absolute atomic E-state index is 13.4. The Morgan fingerprint density at radius 3 is 1.24 bits per heavy atom.